The topological polar surface area (TPSA) is 64.1 Å². The Morgan fingerprint density at radius 3 is 2.61 bits per heavy atom. The second-order valence-electron chi connectivity index (χ2n) is 4.02. The van der Waals surface area contributed by atoms with Crippen molar-refractivity contribution in [3.63, 3.8) is 0 Å². The van der Waals surface area contributed by atoms with E-state index in [1.54, 1.807) is 24.2 Å². The van der Waals surface area contributed by atoms with Crippen molar-refractivity contribution in [2.75, 3.05) is 19.3 Å². The smallest absolute Gasteiger partial charge is 0.330 e. The molecule has 0 amide bonds. The van der Waals surface area contributed by atoms with Crippen LogP contribution in [0.25, 0.3) is 0 Å². The van der Waals surface area contributed by atoms with Crippen LogP contribution in [-0.2, 0) is 4.79 Å². The number of nitrogens with zero attached hydrogens (tertiary/aromatic N) is 2. The van der Waals surface area contributed by atoms with Crippen molar-refractivity contribution in [2.45, 2.75) is 17.6 Å². The molecule has 1 saturated heterocycles. The average molecular weight is 332 g/mol. The van der Waals surface area contributed by atoms with Crippen LogP contribution in [0.2, 0.25) is 0 Å². The summed E-state index contributed by atoms with van der Waals surface area (Å²) in [7, 11) is 0. The fourth-order valence-corrected chi connectivity index (χ4v) is 2.88. The van der Waals surface area contributed by atoms with Crippen LogP contribution in [0.1, 0.15) is 12.8 Å². The van der Waals surface area contributed by atoms with Gasteiger partial charge in [-0.05, 0) is 48.1 Å². The fraction of sp³-hybridized carbons (Fsp3) is 0.545. The molecule has 0 saturated carbocycles. The van der Waals surface area contributed by atoms with Crippen molar-refractivity contribution in [1.29, 1.82) is 0 Å². The van der Waals surface area contributed by atoms with Gasteiger partial charge in [-0.25, -0.2) is 9.97 Å². The van der Waals surface area contributed by atoms with E-state index in [0.29, 0.717) is 0 Å². The number of carbonyl (C=O) groups excluding carboxylic acids is 1. The van der Waals surface area contributed by atoms with Gasteiger partial charge < -0.3 is 10.1 Å². The van der Waals surface area contributed by atoms with Crippen LogP contribution in [0.3, 0.4) is 0 Å². The van der Waals surface area contributed by atoms with Crippen LogP contribution in [0.4, 0.5) is 0 Å². The van der Waals surface area contributed by atoms with E-state index in [2.05, 4.69) is 31.2 Å². The molecule has 18 heavy (non-hydrogen) atoms. The SMILES string of the molecule is CSC1(C(=O)Oc2ncc(Br)cn2)CCNCC1. The highest BCUT2D eigenvalue weighted by Gasteiger charge is 2.41. The van der Waals surface area contributed by atoms with E-state index in [-0.39, 0.29) is 12.0 Å². The summed E-state index contributed by atoms with van der Waals surface area (Å²) < 4.78 is 5.56. The highest BCUT2D eigenvalue weighted by molar-refractivity contribution is 9.10. The van der Waals surface area contributed by atoms with Crippen LogP contribution in [0.5, 0.6) is 6.01 Å². The number of rotatable bonds is 3. The van der Waals surface area contributed by atoms with Crippen molar-refractivity contribution < 1.29 is 9.53 Å². The molecule has 1 aliphatic rings. The molecule has 0 spiro atoms. The van der Waals surface area contributed by atoms with Gasteiger partial charge in [-0.3, -0.25) is 4.79 Å². The van der Waals surface area contributed by atoms with Crippen LogP contribution >= 0.6 is 27.7 Å². The van der Waals surface area contributed by atoms with E-state index in [9.17, 15) is 4.79 Å². The first-order chi connectivity index (χ1) is 8.66. The molecule has 1 aliphatic heterocycles. The Morgan fingerprint density at radius 1 is 1.44 bits per heavy atom. The molecule has 0 atom stereocenters. The molecule has 2 rings (SSSR count). The van der Waals surface area contributed by atoms with E-state index in [1.807, 2.05) is 6.26 Å². The second kappa shape index (κ2) is 5.99. The number of ether oxygens (including phenoxy) is 1. The Bertz CT molecular complexity index is 421. The summed E-state index contributed by atoms with van der Waals surface area (Å²) in [4.78, 5) is 20.1. The minimum Gasteiger partial charge on any atom is -0.390 e. The Balaban J connectivity index is 2.07. The van der Waals surface area contributed by atoms with E-state index in [4.69, 9.17) is 4.74 Å². The number of hydrogen-bond acceptors (Lipinski definition) is 6. The van der Waals surface area contributed by atoms with Gasteiger partial charge in [0.2, 0.25) is 0 Å². The largest absolute Gasteiger partial charge is 0.390 e. The highest BCUT2D eigenvalue weighted by atomic mass is 79.9. The molecule has 1 fully saturated rings. The third-order valence-corrected chi connectivity index (χ3v) is 4.72. The standard InChI is InChI=1S/C11H14BrN3O2S/c1-18-11(2-4-13-5-3-11)9(16)17-10-14-6-8(12)7-15-10/h6-7,13H,2-5H2,1H3. The predicted molar refractivity (Wildman–Crippen MR) is 73.7 cm³/mol. The summed E-state index contributed by atoms with van der Waals surface area (Å²) in [5.41, 5.74) is 0. The van der Waals surface area contributed by atoms with Crippen molar-refractivity contribution in [3.8, 4) is 6.01 Å². The maximum atomic E-state index is 12.2. The quantitative estimate of drug-likeness (QED) is 0.849. The van der Waals surface area contributed by atoms with Gasteiger partial charge in [0.25, 0.3) is 0 Å². The number of piperidine rings is 1. The highest BCUT2D eigenvalue weighted by Crippen LogP contribution is 2.33. The first-order valence-corrected chi connectivity index (χ1v) is 7.64. The first-order valence-electron chi connectivity index (χ1n) is 5.62. The van der Waals surface area contributed by atoms with Gasteiger partial charge in [-0.15, -0.1) is 11.8 Å². The van der Waals surface area contributed by atoms with Crippen molar-refractivity contribution in [3.05, 3.63) is 16.9 Å². The minimum absolute atomic E-state index is 0.107. The van der Waals surface area contributed by atoms with Gasteiger partial charge in [0.15, 0.2) is 0 Å². The molecule has 1 aromatic rings. The molecular formula is C11H14BrN3O2S. The first kappa shape index (κ1) is 13.8. The zero-order chi connectivity index (χ0) is 13.0. The van der Waals surface area contributed by atoms with Gasteiger partial charge >= 0.3 is 12.0 Å². The lowest BCUT2D eigenvalue weighted by molar-refractivity contribution is -0.138. The van der Waals surface area contributed by atoms with E-state index in [1.165, 1.54) is 0 Å². The fourth-order valence-electron chi connectivity index (χ4n) is 1.85. The summed E-state index contributed by atoms with van der Waals surface area (Å²) in [5.74, 6) is -0.251. The summed E-state index contributed by atoms with van der Waals surface area (Å²) in [6.45, 7) is 1.66. The lowest BCUT2D eigenvalue weighted by Crippen LogP contribution is -2.47. The maximum Gasteiger partial charge on any atom is 0.330 e. The number of nitrogens with one attached hydrogen (secondary N) is 1. The van der Waals surface area contributed by atoms with E-state index in [0.717, 1.165) is 30.4 Å². The molecule has 1 N–H and O–H groups in total. The second-order valence-corrected chi connectivity index (χ2v) is 6.13. The van der Waals surface area contributed by atoms with Crippen LogP contribution in [-0.4, -0.2) is 40.0 Å². The molecule has 5 nitrogen and oxygen atoms in total. The number of halogens is 1. The molecule has 0 radical (unpaired) electrons. The summed E-state index contributed by atoms with van der Waals surface area (Å²) in [5, 5.41) is 3.24. The molecule has 1 aromatic heterocycles. The molecule has 7 heteroatoms. The lowest BCUT2D eigenvalue weighted by atomic mass is 9.97. The number of aromatic nitrogens is 2. The van der Waals surface area contributed by atoms with Gasteiger partial charge in [-0.1, -0.05) is 0 Å². The summed E-state index contributed by atoms with van der Waals surface area (Å²) in [6.07, 6.45) is 6.59. The van der Waals surface area contributed by atoms with Crippen molar-refractivity contribution >= 4 is 33.7 Å². The van der Waals surface area contributed by atoms with E-state index < -0.39 is 4.75 Å². The van der Waals surface area contributed by atoms with Crippen molar-refractivity contribution in [2.24, 2.45) is 0 Å². The predicted octanol–water partition coefficient (Wildman–Crippen LogP) is 1.63. The van der Waals surface area contributed by atoms with Crippen molar-refractivity contribution in [1.82, 2.24) is 15.3 Å². The molecule has 0 unspecified atom stereocenters. The Labute approximate surface area is 118 Å². The molecule has 0 bridgehead atoms. The lowest BCUT2D eigenvalue weighted by Gasteiger charge is -2.33. The van der Waals surface area contributed by atoms with Gasteiger partial charge in [0.05, 0.1) is 4.47 Å². The maximum absolute atomic E-state index is 12.2. The third kappa shape index (κ3) is 3.02. The number of esters is 1. The zero-order valence-electron chi connectivity index (χ0n) is 9.98. The molecule has 98 valence electrons. The summed E-state index contributed by atoms with van der Waals surface area (Å²) >= 11 is 4.78. The molecule has 0 aromatic carbocycles. The molecule has 0 aliphatic carbocycles. The van der Waals surface area contributed by atoms with Crippen LogP contribution in [0.15, 0.2) is 16.9 Å². The molecule has 2 heterocycles. The summed E-state index contributed by atoms with van der Waals surface area (Å²) in [6, 6.07) is 0.107. The molecular weight excluding hydrogens is 318 g/mol. The van der Waals surface area contributed by atoms with Gasteiger partial charge in [-0.2, -0.15) is 0 Å². The Kier molecular flexibility index (Phi) is 4.58. The van der Waals surface area contributed by atoms with Crippen LogP contribution < -0.4 is 10.1 Å². The monoisotopic (exact) mass is 331 g/mol. The Morgan fingerprint density at radius 2 is 2.06 bits per heavy atom. The minimum atomic E-state index is -0.471. The number of carbonyl (C=O) groups is 1. The van der Waals surface area contributed by atoms with E-state index >= 15 is 0 Å². The van der Waals surface area contributed by atoms with Gasteiger partial charge in [0.1, 0.15) is 4.75 Å². The zero-order valence-corrected chi connectivity index (χ0v) is 12.4. The normalized spacial score (nSPS) is 18.3. The average Bonchev–Trinajstić information content (AvgIpc) is 2.42. The third-order valence-electron chi connectivity index (χ3n) is 2.95. The Hall–Kier alpha value is -0.660. The number of hydrogen-bond donors (Lipinski definition) is 1. The van der Waals surface area contributed by atoms with Crippen LogP contribution in [0, 0.1) is 0 Å². The number of thioether (sulfide) groups is 1. The van der Waals surface area contributed by atoms with Gasteiger partial charge in [0, 0.05) is 12.4 Å².